The highest BCUT2D eigenvalue weighted by Gasteiger charge is 2.26. The Bertz CT molecular complexity index is 193. The van der Waals surface area contributed by atoms with Gasteiger partial charge < -0.3 is 10.2 Å². The Kier molecular flexibility index (Phi) is 9.54. The van der Waals surface area contributed by atoms with Crippen molar-refractivity contribution < 1.29 is 10.2 Å². The highest BCUT2D eigenvalue weighted by molar-refractivity contribution is 4.77. The molecule has 0 aromatic heterocycles. The zero-order chi connectivity index (χ0) is 13.9. The molecule has 0 aromatic carbocycles. The Balaban J connectivity index is 2.03. The predicted molar refractivity (Wildman–Crippen MR) is 81.1 cm³/mol. The van der Waals surface area contributed by atoms with Crippen LogP contribution >= 0.6 is 0 Å². The van der Waals surface area contributed by atoms with Gasteiger partial charge in [-0.15, -0.1) is 0 Å². The van der Waals surface area contributed by atoms with E-state index in [1.807, 2.05) is 0 Å². The van der Waals surface area contributed by atoms with Crippen LogP contribution in [0, 0.1) is 17.8 Å². The van der Waals surface area contributed by atoms with Crippen LogP contribution in [0.5, 0.6) is 0 Å². The minimum atomic E-state index is 0.134. The van der Waals surface area contributed by atoms with Crippen LogP contribution in [-0.2, 0) is 0 Å². The second-order valence-electron chi connectivity index (χ2n) is 6.46. The molecule has 1 fully saturated rings. The highest BCUT2D eigenvalue weighted by Crippen LogP contribution is 2.35. The molecule has 114 valence electrons. The number of aliphatic hydroxyl groups excluding tert-OH is 2. The molecular formula is C17H34O2. The number of rotatable bonds is 10. The van der Waals surface area contributed by atoms with E-state index < -0.39 is 0 Å². The van der Waals surface area contributed by atoms with E-state index in [1.165, 1.54) is 70.6 Å². The van der Waals surface area contributed by atoms with Gasteiger partial charge in [-0.2, -0.15) is 0 Å². The van der Waals surface area contributed by atoms with Crippen LogP contribution in [0.25, 0.3) is 0 Å². The molecule has 2 heteroatoms. The summed E-state index contributed by atoms with van der Waals surface area (Å²) in [6.45, 7) is 2.58. The first-order chi connectivity index (χ1) is 9.31. The Morgan fingerprint density at radius 3 is 2.00 bits per heavy atom. The maximum atomic E-state index is 9.23. The highest BCUT2D eigenvalue weighted by atomic mass is 16.3. The van der Waals surface area contributed by atoms with Gasteiger partial charge in [0.2, 0.25) is 0 Å². The van der Waals surface area contributed by atoms with Gasteiger partial charge in [-0.1, -0.05) is 64.7 Å². The van der Waals surface area contributed by atoms with Gasteiger partial charge in [0.1, 0.15) is 0 Å². The van der Waals surface area contributed by atoms with Crippen LogP contribution in [0.1, 0.15) is 77.6 Å². The van der Waals surface area contributed by atoms with Crippen LogP contribution < -0.4 is 0 Å². The number of unbranched alkanes of at least 4 members (excludes halogenated alkanes) is 5. The van der Waals surface area contributed by atoms with Gasteiger partial charge in [-0.05, 0) is 24.7 Å². The molecule has 0 saturated heterocycles. The van der Waals surface area contributed by atoms with Crippen LogP contribution in [0.3, 0.4) is 0 Å². The molecule has 0 bridgehead atoms. The van der Waals surface area contributed by atoms with Crippen molar-refractivity contribution in [3.63, 3.8) is 0 Å². The molecule has 2 N–H and O–H groups in total. The van der Waals surface area contributed by atoms with E-state index >= 15 is 0 Å². The molecule has 0 aromatic rings. The molecule has 0 aliphatic heterocycles. The molecule has 19 heavy (non-hydrogen) atoms. The summed E-state index contributed by atoms with van der Waals surface area (Å²) >= 11 is 0. The quantitative estimate of drug-likeness (QED) is 0.586. The van der Waals surface area contributed by atoms with Crippen LogP contribution in [0.4, 0.5) is 0 Å². The average Bonchev–Trinajstić information content (AvgIpc) is 2.45. The van der Waals surface area contributed by atoms with E-state index in [2.05, 4.69) is 6.92 Å². The van der Waals surface area contributed by atoms with Crippen molar-refractivity contribution in [1.29, 1.82) is 0 Å². The van der Waals surface area contributed by atoms with Crippen LogP contribution in [0.15, 0.2) is 0 Å². The van der Waals surface area contributed by atoms with Crippen molar-refractivity contribution >= 4 is 0 Å². The maximum Gasteiger partial charge on any atom is 0.0483 e. The topological polar surface area (TPSA) is 40.5 Å². The molecule has 0 radical (unpaired) electrons. The van der Waals surface area contributed by atoms with Crippen molar-refractivity contribution in [3.8, 4) is 0 Å². The summed E-state index contributed by atoms with van der Waals surface area (Å²) in [7, 11) is 0. The molecular weight excluding hydrogens is 236 g/mol. The lowest BCUT2D eigenvalue weighted by molar-refractivity contribution is 0.0781. The first-order valence-electron chi connectivity index (χ1n) is 8.53. The summed E-state index contributed by atoms with van der Waals surface area (Å²) in [5.41, 5.74) is 0. The van der Waals surface area contributed by atoms with E-state index in [4.69, 9.17) is 0 Å². The Hall–Kier alpha value is -0.0800. The van der Waals surface area contributed by atoms with Gasteiger partial charge >= 0.3 is 0 Å². The lowest BCUT2D eigenvalue weighted by Gasteiger charge is -2.32. The van der Waals surface area contributed by atoms with Crippen molar-refractivity contribution in [2.24, 2.45) is 17.8 Å². The molecule has 1 aliphatic rings. The standard InChI is InChI=1S/C17H34O2/c1-2-3-4-5-6-7-8-15-9-11-16(12-10-15)17(13-18)14-19/h15-19H,2-14H2,1H3. The summed E-state index contributed by atoms with van der Waals surface area (Å²) in [6, 6.07) is 0. The normalized spacial score (nSPS) is 24.0. The number of hydrogen-bond donors (Lipinski definition) is 2. The monoisotopic (exact) mass is 270 g/mol. The lowest BCUT2D eigenvalue weighted by atomic mass is 9.75. The summed E-state index contributed by atoms with van der Waals surface area (Å²) in [6.07, 6.45) is 14.8. The van der Waals surface area contributed by atoms with Crippen molar-refractivity contribution in [1.82, 2.24) is 0 Å². The molecule has 0 atom stereocenters. The fourth-order valence-corrected chi connectivity index (χ4v) is 3.52. The van der Waals surface area contributed by atoms with Gasteiger partial charge in [-0.25, -0.2) is 0 Å². The molecule has 1 aliphatic carbocycles. The third-order valence-electron chi connectivity index (χ3n) is 4.99. The minimum Gasteiger partial charge on any atom is -0.396 e. The minimum absolute atomic E-state index is 0.134. The second-order valence-corrected chi connectivity index (χ2v) is 6.46. The average molecular weight is 270 g/mol. The van der Waals surface area contributed by atoms with E-state index in [0.717, 1.165) is 5.92 Å². The molecule has 0 unspecified atom stereocenters. The smallest absolute Gasteiger partial charge is 0.0483 e. The number of aliphatic hydroxyl groups is 2. The SMILES string of the molecule is CCCCCCCCC1CCC(C(CO)CO)CC1. The first-order valence-corrected chi connectivity index (χ1v) is 8.53. The van der Waals surface area contributed by atoms with E-state index in [-0.39, 0.29) is 19.1 Å². The third-order valence-corrected chi connectivity index (χ3v) is 4.99. The summed E-state index contributed by atoms with van der Waals surface area (Å²) in [5.74, 6) is 1.62. The van der Waals surface area contributed by atoms with Gasteiger partial charge in [0.15, 0.2) is 0 Å². The zero-order valence-corrected chi connectivity index (χ0v) is 12.8. The second kappa shape index (κ2) is 10.7. The molecule has 0 amide bonds. The number of hydrogen-bond acceptors (Lipinski definition) is 2. The lowest BCUT2D eigenvalue weighted by Crippen LogP contribution is -2.26. The largest absolute Gasteiger partial charge is 0.396 e. The van der Waals surface area contributed by atoms with E-state index in [0.29, 0.717) is 5.92 Å². The Morgan fingerprint density at radius 2 is 1.42 bits per heavy atom. The van der Waals surface area contributed by atoms with E-state index in [9.17, 15) is 10.2 Å². The van der Waals surface area contributed by atoms with Gasteiger partial charge in [0.25, 0.3) is 0 Å². The van der Waals surface area contributed by atoms with E-state index in [1.54, 1.807) is 0 Å². The van der Waals surface area contributed by atoms with Crippen molar-refractivity contribution in [3.05, 3.63) is 0 Å². The molecule has 0 spiro atoms. The summed E-state index contributed by atoms with van der Waals surface area (Å²) in [4.78, 5) is 0. The van der Waals surface area contributed by atoms with Crippen LogP contribution in [0.2, 0.25) is 0 Å². The predicted octanol–water partition coefficient (Wildman–Crippen LogP) is 4.14. The third kappa shape index (κ3) is 6.76. The summed E-state index contributed by atoms with van der Waals surface area (Å²) in [5, 5.41) is 18.5. The van der Waals surface area contributed by atoms with Gasteiger partial charge in [0, 0.05) is 19.1 Å². The van der Waals surface area contributed by atoms with Crippen molar-refractivity contribution in [2.45, 2.75) is 77.6 Å². The molecule has 0 heterocycles. The van der Waals surface area contributed by atoms with Crippen LogP contribution in [-0.4, -0.2) is 23.4 Å². The molecule has 2 nitrogen and oxygen atoms in total. The molecule has 1 saturated carbocycles. The fraction of sp³-hybridized carbons (Fsp3) is 1.00. The maximum absolute atomic E-state index is 9.23. The van der Waals surface area contributed by atoms with Crippen molar-refractivity contribution in [2.75, 3.05) is 13.2 Å². The Labute approximate surface area is 119 Å². The fourth-order valence-electron chi connectivity index (χ4n) is 3.52. The van der Waals surface area contributed by atoms with Gasteiger partial charge in [0.05, 0.1) is 0 Å². The molecule has 1 rings (SSSR count). The zero-order valence-electron chi connectivity index (χ0n) is 12.8. The van der Waals surface area contributed by atoms with Gasteiger partial charge in [-0.3, -0.25) is 0 Å². The first kappa shape index (κ1) is 17.0. The Morgan fingerprint density at radius 1 is 0.842 bits per heavy atom. The summed E-state index contributed by atoms with van der Waals surface area (Å²) < 4.78 is 0.